The van der Waals surface area contributed by atoms with Gasteiger partial charge in [-0.25, -0.2) is 0 Å². The molecule has 1 unspecified atom stereocenters. The number of fused-ring (bicyclic) bond motifs is 1. The number of nitrogens with zero attached hydrogens (tertiary/aromatic N) is 3. The van der Waals surface area contributed by atoms with Crippen LogP contribution in [0.15, 0.2) is 36.4 Å². The molecule has 150 valence electrons. The number of hydrogen-bond acceptors (Lipinski definition) is 4. The molecule has 4 rings (SSSR count). The molecule has 2 aromatic heterocycles. The number of nitrogens with one attached hydrogen (secondary N) is 1. The first kappa shape index (κ1) is 19.0. The van der Waals surface area contributed by atoms with Crippen LogP contribution in [-0.2, 0) is 6.42 Å². The summed E-state index contributed by atoms with van der Waals surface area (Å²) in [7, 11) is 1.55. The minimum atomic E-state index is -0.940. The fourth-order valence-corrected chi connectivity index (χ4v) is 3.72. The van der Waals surface area contributed by atoms with E-state index in [4.69, 9.17) is 4.74 Å². The average Bonchev–Trinajstić information content (AvgIpc) is 3.19. The van der Waals surface area contributed by atoms with E-state index in [1.165, 1.54) is 4.90 Å². The quantitative estimate of drug-likeness (QED) is 0.659. The minimum absolute atomic E-state index is 0.291. The number of carbonyl (C=O) groups is 1. The van der Waals surface area contributed by atoms with Gasteiger partial charge in [-0.05, 0) is 54.3 Å². The highest BCUT2D eigenvalue weighted by molar-refractivity contribution is 6.10. The maximum absolute atomic E-state index is 13.9. The number of anilines is 1. The van der Waals surface area contributed by atoms with Crippen molar-refractivity contribution in [3.63, 3.8) is 0 Å². The van der Waals surface area contributed by atoms with Crippen molar-refractivity contribution in [2.45, 2.75) is 26.3 Å². The summed E-state index contributed by atoms with van der Waals surface area (Å²) >= 11 is 0. The molecule has 0 bridgehead atoms. The van der Waals surface area contributed by atoms with Crippen molar-refractivity contribution in [3.8, 4) is 5.75 Å². The third kappa shape index (κ3) is 3.35. The zero-order valence-electron chi connectivity index (χ0n) is 16.2. The minimum Gasteiger partial charge on any atom is -0.497 e. The molecule has 1 aliphatic rings. The summed E-state index contributed by atoms with van der Waals surface area (Å²) in [5.41, 5.74) is 2.56. The van der Waals surface area contributed by atoms with Crippen molar-refractivity contribution in [2.75, 3.05) is 12.0 Å². The monoisotopic (exact) mass is 398 g/mol. The summed E-state index contributed by atoms with van der Waals surface area (Å²) < 4.78 is 33.0. The summed E-state index contributed by atoms with van der Waals surface area (Å²) in [6.07, 6.45) is 0.627. The molecule has 1 amide bonds. The number of hydrogen-bond donors (Lipinski definition) is 1. The molecular formula is C21H20F2N4O2. The van der Waals surface area contributed by atoms with Gasteiger partial charge in [0.05, 0.1) is 18.8 Å². The van der Waals surface area contributed by atoms with Crippen LogP contribution in [-0.4, -0.2) is 28.2 Å². The Morgan fingerprint density at radius 1 is 1.17 bits per heavy atom. The second-order valence-electron chi connectivity index (χ2n) is 7.38. The molecule has 1 aromatic carbocycles. The van der Waals surface area contributed by atoms with E-state index in [1.807, 2.05) is 13.8 Å². The topological polar surface area (TPSA) is 71.1 Å². The van der Waals surface area contributed by atoms with Crippen LogP contribution in [0.25, 0.3) is 0 Å². The zero-order chi connectivity index (χ0) is 20.7. The molecule has 0 saturated heterocycles. The number of rotatable bonds is 5. The van der Waals surface area contributed by atoms with E-state index in [2.05, 4.69) is 15.2 Å². The molecule has 8 heteroatoms. The number of H-pyrrole nitrogens is 1. The number of carbonyl (C=O) groups excluding carboxylic acids is 1. The van der Waals surface area contributed by atoms with E-state index in [1.54, 1.807) is 31.4 Å². The summed E-state index contributed by atoms with van der Waals surface area (Å²) in [6, 6.07) is 8.52. The second-order valence-corrected chi connectivity index (χ2v) is 7.38. The predicted molar refractivity (Wildman–Crippen MR) is 103 cm³/mol. The van der Waals surface area contributed by atoms with Gasteiger partial charge in [0.15, 0.2) is 0 Å². The van der Waals surface area contributed by atoms with Gasteiger partial charge in [-0.1, -0.05) is 13.8 Å². The fraction of sp³-hybridized carbons (Fsp3) is 0.286. The molecule has 0 fully saturated rings. The highest BCUT2D eigenvalue weighted by atomic mass is 19.1. The number of pyridine rings is 1. The van der Waals surface area contributed by atoms with Gasteiger partial charge in [0.1, 0.15) is 11.4 Å². The first-order valence-electron chi connectivity index (χ1n) is 9.26. The second kappa shape index (κ2) is 7.27. The lowest BCUT2D eigenvalue weighted by Crippen LogP contribution is -2.29. The predicted octanol–water partition coefficient (Wildman–Crippen LogP) is 4.04. The Labute approximate surface area is 166 Å². The van der Waals surface area contributed by atoms with Crippen LogP contribution >= 0.6 is 0 Å². The Balaban J connectivity index is 1.89. The normalized spacial score (nSPS) is 15.9. The number of halogens is 2. The van der Waals surface area contributed by atoms with Crippen molar-refractivity contribution in [3.05, 3.63) is 70.8 Å². The summed E-state index contributed by atoms with van der Waals surface area (Å²) in [5.74, 6) is -1.26. The standard InChI is InChI=1S/C21H20F2N4O2/c1-11(2)8-15-18-19(26-25-15)21(28)27(13-4-6-14(29-3)7-5-13)20(18)12-9-16(22)24-17(23)10-12/h4-7,9-11,20H,8H2,1-3H3,(H,25,26). The molecule has 0 radical (unpaired) electrons. The molecule has 1 atom stereocenters. The fourth-order valence-electron chi connectivity index (χ4n) is 3.72. The van der Waals surface area contributed by atoms with Crippen molar-refractivity contribution in [1.29, 1.82) is 0 Å². The van der Waals surface area contributed by atoms with E-state index in [0.29, 0.717) is 46.3 Å². The third-order valence-corrected chi connectivity index (χ3v) is 4.90. The summed E-state index contributed by atoms with van der Waals surface area (Å²) in [6.45, 7) is 4.08. The van der Waals surface area contributed by atoms with Gasteiger partial charge in [-0.2, -0.15) is 18.9 Å². The van der Waals surface area contributed by atoms with Crippen molar-refractivity contribution in [1.82, 2.24) is 15.2 Å². The van der Waals surface area contributed by atoms with E-state index in [9.17, 15) is 13.6 Å². The molecule has 1 N–H and O–H groups in total. The number of benzene rings is 1. The lowest BCUT2D eigenvalue weighted by molar-refractivity contribution is 0.0988. The van der Waals surface area contributed by atoms with Crippen LogP contribution in [0.4, 0.5) is 14.5 Å². The van der Waals surface area contributed by atoms with Crippen LogP contribution in [0.2, 0.25) is 0 Å². The highest BCUT2D eigenvalue weighted by Gasteiger charge is 2.43. The molecule has 1 aliphatic heterocycles. The van der Waals surface area contributed by atoms with Gasteiger partial charge in [0.2, 0.25) is 11.9 Å². The lowest BCUT2D eigenvalue weighted by Gasteiger charge is -2.26. The van der Waals surface area contributed by atoms with Crippen LogP contribution in [0.1, 0.15) is 47.2 Å². The van der Waals surface area contributed by atoms with Gasteiger partial charge in [-0.3, -0.25) is 14.8 Å². The Morgan fingerprint density at radius 2 is 1.83 bits per heavy atom. The zero-order valence-corrected chi connectivity index (χ0v) is 16.2. The number of methoxy groups -OCH3 is 1. The number of amides is 1. The van der Waals surface area contributed by atoms with Crippen molar-refractivity contribution >= 4 is 11.6 Å². The SMILES string of the molecule is COc1ccc(N2C(=O)c3[nH]nc(CC(C)C)c3C2c2cc(F)nc(F)c2)cc1. The Morgan fingerprint density at radius 3 is 2.41 bits per heavy atom. The first-order chi connectivity index (χ1) is 13.9. The molecule has 29 heavy (non-hydrogen) atoms. The lowest BCUT2D eigenvalue weighted by atomic mass is 9.95. The smallest absolute Gasteiger partial charge is 0.277 e. The van der Waals surface area contributed by atoms with Crippen molar-refractivity contribution in [2.24, 2.45) is 5.92 Å². The van der Waals surface area contributed by atoms with E-state index in [0.717, 1.165) is 12.1 Å². The number of ether oxygens (including phenoxy) is 1. The summed E-state index contributed by atoms with van der Waals surface area (Å²) in [5, 5.41) is 7.13. The largest absolute Gasteiger partial charge is 0.497 e. The van der Waals surface area contributed by atoms with E-state index < -0.39 is 17.9 Å². The number of aromatic amines is 1. The molecule has 6 nitrogen and oxygen atoms in total. The number of aromatic nitrogens is 3. The van der Waals surface area contributed by atoms with Gasteiger partial charge in [0, 0.05) is 11.3 Å². The maximum atomic E-state index is 13.9. The van der Waals surface area contributed by atoms with Crippen LogP contribution in [0, 0.1) is 17.8 Å². The van der Waals surface area contributed by atoms with E-state index in [-0.39, 0.29) is 5.91 Å². The Kier molecular flexibility index (Phi) is 4.77. The maximum Gasteiger partial charge on any atom is 0.277 e. The molecule has 3 heterocycles. The van der Waals surface area contributed by atoms with Crippen molar-refractivity contribution < 1.29 is 18.3 Å². The molecular weight excluding hydrogens is 378 g/mol. The summed E-state index contributed by atoms with van der Waals surface area (Å²) in [4.78, 5) is 17.9. The molecule has 0 aliphatic carbocycles. The highest BCUT2D eigenvalue weighted by Crippen LogP contribution is 2.43. The van der Waals surface area contributed by atoms with E-state index >= 15 is 0 Å². The average molecular weight is 398 g/mol. The van der Waals surface area contributed by atoms with Gasteiger partial charge in [-0.15, -0.1) is 0 Å². The van der Waals surface area contributed by atoms with Crippen LogP contribution in [0.3, 0.4) is 0 Å². The van der Waals surface area contributed by atoms with Crippen LogP contribution < -0.4 is 9.64 Å². The Bertz CT molecular complexity index is 1040. The van der Waals surface area contributed by atoms with Gasteiger partial charge in [0.25, 0.3) is 5.91 Å². The molecule has 0 saturated carbocycles. The molecule has 0 spiro atoms. The Hall–Kier alpha value is -3.29. The first-order valence-corrected chi connectivity index (χ1v) is 9.26. The molecule has 3 aromatic rings. The van der Waals surface area contributed by atoms with Gasteiger partial charge < -0.3 is 4.74 Å². The van der Waals surface area contributed by atoms with Gasteiger partial charge >= 0.3 is 0 Å². The van der Waals surface area contributed by atoms with Crippen LogP contribution in [0.5, 0.6) is 5.75 Å². The third-order valence-electron chi connectivity index (χ3n) is 4.90.